The zero-order chi connectivity index (χ0) is 30.4. The van der Waals surface area contributed by atoms with Gasteiger partial charge in [-0.05, 0) is 48.1 Å². The molecule has 4 unspecified atom stereocenters. The summed E-state index contributed by atoms with van der Waals surface area (Å²) in [7, 11) is 0. The molecular weight excluding hydrogens is 552 g/mol. The van der Waals surface area contributed by atoms with Gasteiger partial charge in [0.1, 0.15) is 23.9 Å². The number of thioether (sulfide) groups is 1. The Balaban J connectivity index is 2.23. The number of aliphatic carboxylic acids is 2. The highest BCUT2D eigenvalue weighted by Gasteiger charge is 2.31. The molecule has 222 valence electrons. The van der Waals surface area contributed by atoms with E-state index in [1.165, 1.54) is 36.0 Å². The number of hydrogen-bond donors (Lipinski definition) is 7. The monoisotopic (exact) mass is 588 g/mol. The summed E-state index contributed by atoms with van der Waals surface area (Å²) in [6, 6.07) is 9.78. The zero-order valence-electron chi connectivity index (χ0n) is 22.6. The van der Waals surface area contributed by atoms with Crippen molar-refractivity contribution in [2.24, 2.45) is 5.73 Å². The molecule has 2 rings (SSSR count). The fraction of sp³-hybridized carbons (Fsp3) is 0.393. The molecule has 0 aliphatic rings. The summed E-state index contributed by atoms with van der Waals surface area (Å²) in [4.78, 5) is 62.4. The summed E-state index contributed by atoms with van der Waals surface area (Å²) in [6.07, 6.45) is 1.40. The van der Waals surface area contributed by atoms with E-state index in [0.29, 0.717) is 17.7 Å². The maximum atomic E-state index is 13.4. The lowest BCUT2D eigenvalue weighted by Gasteiger charge is -2.25. The minimum absolute atomic E-state index is 0.0107. The normalized spacial score (nSPS) is 13.7. The number of benzene rings is 2. The van der Waals surface area contributed by atoms with Crippen LogP contribution in [0.3, 0.4) is 0 Å². The van der Waals surface area contributed by atoms with Crippen LogP contribution in [0.4, 0.5) is 0 Å². The maximum Gasteiger partial charge on any atom is 0.326 e. The molecule has 13 heteroatoms. The van der Waals surface area contributed by atoms with Gasteiger partial charge in [0.15, 0.2) is 0 Å². The van der Waals surface area contributed by atoms with Crippen LogP contribution in [0.1, 0.15) is 30.4 Å². The second-order valence-electron chi connectivity index (χ2n) is 9.40. The van der Waals surface area contributed by atoms with Gasteiger partial charge in [-0.15, -0.1) is 0 Å². The van der Waals surface area contributed by atoms with E-state index in [4.69, 9.17) is 5.73 Å². The molecule has 4 atom stereocenters. The Morgan fingerprint density at radius 2 is 1.29 bits per heavy atom. The van der Waals surface area contributed by atoms with Crippen LogP contribution in [0, 0.1) is 0 Å². The third kappa shape index (κ3) is 11.9. The summed E-state index contributed by atoms with van der Waals surface area (Å²) >= 11 is 1.52. The van der Waals surface area contributed by atoms with Crippen molar-refractivity contribution in [3.63, 3.8) is 0 Å². The average molecular weight is 589 g/mol. The number of rotatable bonds is 17. The van der Waals surface area contributed by atoms with Crippen LogP contribution >= 0.6 is 11.8 Å². The van der Waals surface area contributed by atoms with Gasteiger partial charge in [0, 0.05) is 19.3 Å². The van der Waals surface area contributed by atoms with Gasteiger partial charge in [-0.1, -0.05) is 42.5 Å². The number of amides is 3. The van der Waals surface area contributed by atoms with Gasteiger partial charge < -0.3 is 37.0 Å². The van der Waals surface area contributed by atoms with Crippen molar-refractivity contribution in [2.75, 3.05) is 12.0 Å². The lowest BCUT2D eigenvalue weighted by Crippen LogP contribution is -2.57. The first-order valence-corrected chi connectivity index (χ1v) is 14.3. The van der Waals surface area contributed by atoms with Gasteiger partial charge in [-0.25, -0.2) is 4.79 Å². The fourth-order valence-electron chi connectivity index (χ4n) is 3.86. The molecule has 0 aromatic heterocycles. The molecule has 0 fully saturated rings. The largest absolute Gasteiger partial charge is 0.508 e. The molecule has 0 saturated heterocycles. The van der Waals surface area contributed by atoms with Gasteiger partial charge in [0.25, 0.3) is 0 Å². The molecule has 0 heterocycles. The van der Waals surface area contributed by atoms with E-state index < -0.39 is 60.2 Å². The highest BCUT2D eigenvalue weighted by Crippen LogP contribution is 2.12. The maximum absolute atomic E-state index is 13.4. The van der Waals surface area contributed by atoms with Crippen LogP contribution in [0.2, 0.25) is 0 Å². The number of hydrogen-bond acceptors (Lipinski definition) is 8. The minimum Gasteiger partial charge on any atom is -0.508 e. The number of aromatic hydroxyl groups is 1. The average Bonchev–Trinajstić information content (AvgIpc) is 2.94. The Morgan fingerprint density at radius 1 is 0.756 bits per heavy atom. The Labute approximate surface area is 242 Å². The van der Waals surface area contributed by atoms with Gasteiger partial charge in [-0.2, -0.15) is 11.8 Å². The minimum atomic E-state index is -1.40. The number of phenolic OH excluding ortho intramolecular Hbond substituents is 1. The molecule has 0 spiro atoms. The Bertz CT molecular complexity index is 1180. The third-order valence-electron chi connectivity index (χ3n) is 6.16. The number of carboxylic acid groups (broad SMARTS) is 2. The van der Waals surface area contributed by atoms with Crippen molar-refractivity contribution >= 4 is 41.4 Å². The van der Waals surface area contributed by atoms with E-state index >= 15 is 0 Å². The summed E-state index contributed by atoms with van der Waals surface area (Å²) in [5.74, 6) is -4.14. The lowest BCUT2D eigenvalue weighted by molar-refractivity contribution is -0.143. The van der Waals surface area contributed by atoms with Gasteiger partial charge in [0.05, 0.1) is 6.04 Å². The quantitative estimate of drug-likeness (QED) is 0.137. The fourth-order valence-corrected chi connectivity index (χ4v) is 4.35. The molecule has 2 aromatic rings. The van der Waals surface area contributed by atoms with Crippen molar-refractivity contribution in [3.05, 3.63) is 65.7 Å². The van der Waals surface area contributed by atoms with Crippen LogP contribution in [-0.4, -0.2) is 81.2 Å². The molecule has 2 aromatic carbocycles. The lowest BCUT2D eigenvalue weighted by atomic mass is 10.0. The van der Waals surface area contributed by atoms with Crippen molar-refractivity contribution in [2.45, 2.75) is 56.3 Å². The van der Waals surface area contributed by atoms with Gasteiger partial charge >= 0.3 is 11.9 Å². The zero-order valence-corrected chi connectivity index (χ0v) is 23.4. The van der Waals surface area contributed by atoms with Crippen LogP contribution in [0.5, 0.6) is 5.75 Å². The summed E-state index contributed by atoms with van der Waals surface area (Å²) in [5, 5.41) is 35.8. The van der Waals surface area contributed by atoms with Gasteiger partial charge in [0.2, 0.25) is 17.7 Å². The summed E-state index contributed by atoms with van der Waals surface area (Å²) < 4.78 is 0. The Hall–Kier alpha value is -4.10. The van der Waals surface area contributed by atoms with Gasteiger partial charge in [-0.3, -0.25) is 19.2 Å². The van der Waals surface area contributed by atoms with E-state index in [1.807, 2.05) is 6.26 Å². The van der Waals surface area contributed by atoms with E-state index in [-0.39, 0.29) is 25.0 Å². The van der Waals surface area contributed by atoms with E-state index in [2.05, 4.69) is 16.0 Å². The number of nitrogens with two attached hydrogens (primary N) is 1. The molecule has 0 bridgehead atoms. The Morgan fingerprint density at radius 3 is 1.88 bits per heavy atom. The number of carboxylic acids is 2. The van der Waals surface area contributed by atoms with Crippen molar-refractivity contribution in [1.29, 1.82) is 0 Å². The second kappa shape index (κ2) is 16.9. The molecule has 0 aliphatic carbocycles. The highest BCUT2D eigenvalue weighted by atomic mass is 32.2. The molecule has 0 saturated carbocycles. The summed E-state index contributed by atoms with van der Waals surface area (Å²) in [5.41, 5.74) is 7.21. The van der Waals surface area contributed by atoms with Crippen LogP contribution < -0.4 is 21.7 Å². The van der Waals surface area contributed by atoms with Crippen LogP contribution in [0.15, 0.2) is 54.6 Å². The van der Waals surface area contributed by atoms with Crippen LogP contribution in [-0.2, 0) is 36.8 Å². The molecule has 8 N–H and O–H groups in total. The topological polar surface area (TPSA) is 208 Å². The number of carbonyl (C=O) groups excluding carboxylic acids is 3. The van der Waals surface area contributed by atoms with E-state index in [0.717, 1.165) is 5.56 Å². The van der Waals surface area contributed by atoms with E-state index in [9.17, 15) is 39.3 Å². The predicted molar refractivity (Wildman–Crippen MR) is 153 cm³/mol. The highest BCUT2D eigenvalue weighted by molar-refractivity contribution is 7.98. The molecule has 41 heavy (non-hydrogen) atoms. The first-order valence-electron chi connectivity index (χ1n) is 12.9. The first kappa shape index (κ1) is 33.1. The Kier molecular flexibility index (Phi) is 13.6. The molecule has 12 nitrogen and oxygen atoms in total. The predicted octanol–water partition coefficient (Wildman–Crippen LogP) is 0.662. The smallest absolute Gasteiger partial charge is 0.326 e. The number of phenols is 1. The molecule has 0 aliphatic heterocycles. The number of carbonyl (C=O) groups is 5. The summed E-state index contributed by atoms with van der Waals surface area (Å²) in [6.45, 7) is 0. The first-order chi connectivity index (χ1) is 19.5. The van der Waals surface area contributed by atoms with Crippen molar-refractivity contribution in [1.82, 2.24) is 16.0 Å². The number of nitrogens with one attached hydrogen (secondary N) is 3. The van der Waals surface area contributed by atoms with Crippen LogP contribution in [0.25, 0.3) is 0 Å². The van der Waals surface area contributed by atoms with E-state index in [1.54, 1.807) is 30.3 Å². The molecular formula is C28H36N4O8S. The second-order valence-corrected chi connectivity index (χ2v) is 10.4. The standard InChI is InChI=1S/C28H36N4O8S/c1-41-14-13-20(29)25(36)31-22(15-17-5-3-2-4-6-17)27(38)30-21(11-12-24(34)35)26(37)32-23(28(39)40)16-18-7-9-19(33)10-8-18/h2-10,20-23,33H,11-16,29H2,1H3,(H,30,38)(H,31,36)(H,32,37)(H,34,35)(H,39,40). The molecule has 0 radical (unpaired) electrons. The SMILES string of the molecule is CSCCC(N)C(=O)NC(Cc1ccccc1)C(=O)NC(CCC(=O)O)C(=O)NC(Cc1ccc(O)cc1)C(=O)O. The van der Waals surface area contributed by atoms with Crippen molar-refractivity contribution in [3.8, 4) is 5.75 Å². The molecule has 3 amide bonds. The van der Waals surface area contributed by atoms with Crippen molar-refractivity contribution < 1.29 is 39.3 Å². The third-order valence-corrected chi connectivity index (χ3v) is 6.80.